The molecule has 0 atom stereocenters. The lowest BCUT2D eigenvalue weighted by Gasteiger charge is -2.06. The van der Waals surface area contributed by atoms with Crippen molar-refractivity contribution >= 4 is 17.5 Å². The highest BCUT2D eigenvalue weighted by atomic mass is 16.5. The zero-order valence-corrected chi connectivity index (χ0v) is 10.8. The summed E-state index contributed by atoms with van der Waals surface area (Å²) >= 11 is 0. The fourth-order valence-electron chi connectivity index (χ4n) is 1.26. The molecule has 0 heterocycles. The summed E-state index contributed by atoms with van der Waals surface area (Å²) in [6.45, 7) is 1.68. The quantitative estimate of drug-likeness (QED) is 0.299. The molecule has 0 aliphatic carbocycles. The highest BCUT2D eigenvalue weighted by Crippen LogP contribution is 2.12. The number of hydrazine groups is 1. The summed E-state index contributed by atoms with van der Waals surface area (Å²) in [7, 11) is 1.54. The summed E-state index contributed by atoms with van der Waals surface area (Å²) in [4.78, 5) is 22.8. The van der Waals surface area contributed by atoms with Crippen LogP contribution in [0.2, 0.25) is 0 Å². The van der Waals surface area contributed by atoms with E-state index in [1.165, 1.54) is 7.11 Å². The van der Waals surface area contributed by atoms with E-state index in [9.17, 15) is 9.59 Å². The second kappa shape index (κ2) is 7.12. The predicted octanol–water partition coefficient (Wildman–Crippen LogP) is -0.0846. The van der Waals surface area contributed by atoms with Crippen LogP contribution in [0.1, 0.15) is 18.9 Å². The van der Waals surface area contributed by atoms with Gasteiger partial charge in [0.15, 0.2) is 5.71 Å². The Morgan fingerprint density at radius 2 is 1.95 bits per heavy atom. The van der Waals surface area contributed by atoms with Gasteiger partial charge in [0.25, 0.3) is 5.91 Å². The number of nitrogens with zero attached hydrogens (tertiary/aromatic N) is 1. The largest absolute Gasteiger partial charge is 0.497 e. The number of benzene rings is 1. The number of carbonyl (C=O) groups is 2. The van der Waals surface area contributed by atoms with Crippen LogP contribution in [0.15, 0.2) is 29.4 Å². The van der Waals surface area contributed by atoms with Gasteiger partial charge in [0, 0.05) is 12.0 Å². The third-order valence-electron chi connectivity index (χ3n) is 2.32. The first-order chi connectivity index (χ1) is 9.12. The van der Waals surface area contributed by atoms with Crippen molar-refractivity contribution < 1.29 is 14.3 Å². The third-order valence-corrected chi connectivity index (χ3v) is 2.32. The molecule has 0 spiro atoms. The second-order valence-electron chi connectivity index (χ2n) is 3.55. The molecule has 7 nitrogen and oxygen atoms in total. The van der Waals surface area contributed by atoms with Crippen molar-refractivity contribution in [3.63, 3.8) is 0 Å². The summed E-state index contributed by atoms with van der Waals surface area (Å²) in [6.07, 6.45) is 0.267. The fourth-order valence-corrected chi connectivity index (χ4v) is 1.26. The number of hydrazone groups is 1. The van der Waals surface area contributed by atoms with Crippen molar-refractivity contribution in [1.29, 1.82) is 0 Å². The van der Waals surface area contributed by atoms with E-state index in [0.29, 0.717) is 11.3 Å². The number of nitrogens with one attached hydrogen (secondary N) is 2. The number of nitrogens with two attached hydrogens (primary N) is 1. The Bertz CT molecular complexity index is 482. The molecule has 19 heavy (non-hydrogen) atoms. The van der Waals surface area contributed by atoms with E-state index in [1.807, 2.05) is 5.43 Å². The van der Waals surface area contributed by atoms with Gasteiger partial charge in [-0.1, -0.05) is 6.92 Å². The first kappa shape index (κ1) is 14.7. The molecule has 7 heteroatoms. The first-order valence-corrected chi connectivity index (χ1v) is 5.64. The molecule has 1 aromatic carbocycles. The standard InChI is InChI=1S/C12H16N4O3/c1-3-10(17)15-16-11(12(18)14-13)8-4-6-9(19-2)7-5-8/h4-7H,3,13H2,1-2H3,(H,14,18)(H,15,17). The Morgan fingerprint density at radius 1 is 1.32 bits per heavy atom. The lowest BCUT2D eigenvalue weighted by Crippen LogP contribution is -2.38. The number of rotatable bonds is 5. The van der Waals surface area contributed by atoms with Crippen LogP contribution in [0.5, 0.6) is 5.75 Å². The Balaban J connectivity index is 3.01. The van der Waals surface area contributed by atoms with Gasteiger partial charge < -0.3 is 4.74 Å². The van der Waals surface area contributed by atoms with E-state index in [0.717, 1.165) is 0 Å². The average Bonchev–Trinajstić information content (AvgIpc) is 2.47. The van der Waals surface area contributed by atoms with Gasteiger partial charge >= 0.3 is 0 Å². The van der Waals surface area contributed by atoms with E-state index in [-0.39, 0.29) is 18.0 Å². The molecule has 0 saturated heterocycles. The topological polar surface area (TPSA) is 106 Å². The highest BCUT2D eigenvalue weighted by Gasteiger charge is 2.13. The molecule has 1 aromatic rings. The SMILES string of the molecule is CCC(=O)NN=C(C(=O)NN)c1ccc(OC)cc1. The van der Waals surface area contributed by atoms with Crippen molar-refractivity contribution in [3.8, 4) is 5.75 Å². The van der Waals surface area contributed by atoms with Crippen molar-refractivity contribution in [1.82, 2.24) is 10.9 Å². The van der Waals surface area contributed by atoms with Crippen molar-refractivity contribution in [3.05, 3.63) is 29.8 Å². The Morgan fingerprint density at radius 3 is 2.42 bits per heavy atom. The summed E-state index contributed by atoms with van der Waals surface area (Å²) in [5.41, 5.74) is 4.79. The van der Waals surface area contributed by atoms with Crippen LogP contribution in [0.4, 0.5) is 0 Å². The number of carbonyl (C=O) groups excluding carboxylic acids is 2. The van der Waals surface area contributed by atoms with E-state index >= 15 is 0 Å². The monoisotopic (exact) mass is 264 g/mol. The zero-order chi connectivity index (χ0) is 14.3. The van der Waals surface area contributed by atoms with Gasteiger partial charge in [0.1, 0.15) is 5.75 Å². The lowest BCUT2D eigenvalue weighted by atomic mass is 10.1. The minimum atomic E-state index is -0.596. The van der Waals surface area contributed by atoms with E-state index in [4.69, 9.17) is 10.6 Å². The second-order valence-corrected chi connectivity index (χ2v) is 3.55. The van der Waals surface area contributed by atoms with Crippen molar-refractivity contribution in [2.24, 2.45) is 10.9 Å². The molecule has 1 rings (SSSR count). The number of amides is 2. The van der Waals surface area contributed by atoms with Crippen LogP contribution in [0.25, 0.3) is 0 Å². The molecule has 2 amide bonds. The van der Waals surface area contributed by atoms with E-state index in [1.54, 1.807) is 31.2 Å². The number of ether oxygens (including phenoxy) is 1. The maximum Gasteiger partial charge on any atom is 0.286 e. The fraction of sp³-hybridized carbons (Fsp3) is 0.250. The van der Waals surface area contributed by atoms with Crippen LogP contribution in [0.3, 0.4) is 0 Å². The molecule has 0 unspecified atom stereocenters. The van der Waals surface area contributed by atoms with E-state index in [2.05, 4.69) is 10.5 Å². The summed E-state index contributed by atoms with van der Waals surface area (Å²) in [6, 6.07) is 6.64. The van der Waals surface area contributed by atoms with Gasteiger partial charge in [-0.2, -0.15) is 5.10 Å². The van der Waals surface area contributed by atoms with Gasteiger partial charge in [-0.15, -0.1) is 0 Å². The van der Waals surface area contributed by atoms with Crippen LogP contribution in [0, 0.1) is 0 Å². The average molecular weight is 264 g/mol. The molecule has 0 aliphatic heterocycles. The lowest BCUT2D eigenvalue weighted by molar-refractivity contribution is -0.120. The smallest absolute Gasteiger partial charge is 0.286 e. The van der Waals surface area contributed by atoms with Crippen molar-refractivity contribution in [2.45, 2.75) is 13.3 Å². The van der Waals surface area contributed by atoms with Crippen LogP contribution < -0.4 is 21.4 Å². The summed E-state index contributed by atoms with van der Waals surface area (Å²) < 4.78 is 5.02. The zero-order valence-electron chi connectivity index (χ0n) is 10.8. The summed E-state index contributed by atoms with van der Waals surface area (Å²) in [5.74, 6) is 4.84. The minimum Gasteiger partial charge on any atom is -0.497 e. The maximum atomic E-state index is 11.6. The minimum absolute atomic E-state index is 0.0203. The molecule has 0 aromatic heterocycles. The number of methoxy groups -OCH3 is 1. The van der Waals surface area contributed by atoms with Gasteiger partial charge in [-0.25, -0.2) is 11.3 Å². The predicted molar refractivity (Wildman–Crippen MR) is 70.3 cm³/mol. The van der Waals surface area contributed by atoms with Crippen LogP contribution in [-0.4, -0.2) is 24.6 Å². The molecule has 0 fully saturated rings. The van der Waals surface area contributed by atoms with Gasteiger partial charge in [0.05, 0.1) is 7.11 Å². The maximum absolute atomic E-state index is 11.6. The molecular weight excluding hydrogens is 248 g/mol. The van der Waals surface area contributed by atoms with Crippen LogP contribution >= 0.6 is 0 Å². The molecule has 102 valence electrons. The van der Waals surface area contributed by atoms with E-state index < -0.39 is 5.91 Å². The molecule has 0 aliphatic rings. The van der Waals surface area contributed by atoms with Crippen molar-refractivity contribution in [2.75, 3.05) is 7.11 Å². The number of hydrogen-bond donors (Lipinski definition) is 3. The molecular formula is C12H16N4O3. The Hall–Kier alpha value is -2.41. The number of hydrogen-bond acceptors (Lipinski definition) is 5. The Labute approximate surface area is 110 Å². The van der Waals surface area contributed by atoms with Gasteiger partial charge in [-0.05, 0) is 24.3 Å². The molecule has 0 radical (unpaired) electrons. The first-order valence-electron chi connectivity index (χ1n) is 5.64. The summed E-state index contributed by atoms with van der Waals surface area (Å²) in [5, 5.41) is 3.78. The normalized spacial score (nSPS) is 10.8. The molecule has 4 N–H and O–H groups in total. The third kappa shape index (κ3) is 4.07. The van der Waals surface area contributed by atoms with Gasteiger partial charge in [-0.3, -0.25) is 15.0 Å². The highest BCUT2D eigenvalue weighted by molar-refractivity contribution is 6.45. The Kier molecular flexibility index (Phi) is 5.49. The van der Waals surface area contributed by atoms with Crippen LogP contribution in [-0.2, 0) is 9.59 Å². The molecule has 0 bridgehead atoms. The van der Waals surface area contributed by atoms with Gasteiger partial charge in [0.2, 0.25) is 5.91 Å². The molecule has 0 saturated carbocycles.